The van der Waals surface area contributed by atoms with Gasteiger partial charge in [0.15, 0.2) is 14.8 Å². The molecular formula is C26H46NO7P. The summed E-state index contributed by atoms with van der Waals surface area (Å²) >= 11 is 0. The van der Waals surface area contributed by atoms with Gasteiger partial charge in [0.1, 0.15) is 11.4 Å². The van der Waals surface area contributed by atoms with E-state index in [1.807, 2.05) is 34.9 Å². The van der Waals surface area contributed by atoms with Gasteiger partial charge in [-0.1, -0.05) is 27.2 Å². The van der Waals surface area contributed by atoms with E-state index in [9.17, 15) is 9.36 Å². The van der Waals surface area contributed by atoms with E-state index in [1.165, 1.54) is 0 Å². The standard InChI is InChI=1S/C26H46NO7P/c1-12-15(2)14-26(8,30-11)22(17(4)20-18(5)23(28)34-25(6,7)33-20)32-24-21(35-29)19(27(9)10)13-16(3)31-24/h15-17,19,21-22,24H,12-14H2,1-11H3/t15-,16+,17-,19?,21+,22+,24-,26+/m0/s1. The van der Waals surface area contributed by atoms with Gasteiger partial charge in [0.05, 0.1) is 23.4 Å². The lowest BCUT2D eigenvalue weighted by Gasteiger charge is -2.47. The third-order valence-corrected chi connectivity index (χ3v) is 8.27. The first kappa shape index (κ1) is 30.2. The summed E-state index contributed by atoms with van der Waals surface area (Å²) in [6.07, 6.45) is 1.15. The summed E-state index contributed by atoms with van der Waals surface area (Å²) in [6.45, 7) is 15.5. The molecule has 8 nitrogen and oxygen atoms in total. The van der Waals surface area contributed by atoms with Crippen LogP contribution in [0.2, 0.25) is 0 Å². The number of methoxy groups -OCH3 is 1. The number of carbonyl (C=O) groups is 1. The van der Waals surface area contributed by atoms with Gasteiger partial charge in [-0.15, -0.1) is 0 Å². The van der Waals surface area contributed by atoms with Crippen molar-refractivity contribution in [1.82, 2.24) is 4.90 Å². The second kappa shape index (κ2) is 12.0. The molecule has 0 aromatic carbocycles. The summed E-state index contributed by atoms with van der Waals surface area (Å²) in [4.78, 5) is 14.7. The summed E-state index contributed by atoms with van der Waals surface area (Å²) in [5.41, 5.74) is -0.682. The number of nitrogens with zero attached hydrogens (tertiary/aromatic N) is 1. The smallest absolute Gasteiger partial charge is 0.340 e. The molecule has 0 aromatic heterocycles. The maximum Gasteiger partial charge on any atom is 0.340 e. The van der Waals surface area contributed by atoms with Crippen molar-refractivity contribution in [2.24, 2.45) is 11.8 Å². The van der Waals surface area contributed by atoms with Crippen molar-refractivity contribution in [2.45, 2.75) is 116 Å². The molecule has 1 fully saturated rings. The van der Waals surface area contributed by atoms with Crippen molar-refractivity contribution in [2.75, 3.05) is 21.2 Å². The molecule has 2 aliphatic heterocycles. The fourth-order valence-electron chi connectivity index (χ4n) is 5.20. The third-order valence-electron chi connectivity index (χ3n) is 7.44. The van der Waals surface area contributed by atoms with Crippen molar-refractivity contribution in [3.8, 4) is 0 Å². The number of ether oxygens (including phenoxy) is 5. The Bertz CT molecular complexity index is 786. The number of hydrogen-bond acceptors (Lipinski definition) is 8. The predicted octanol–water partition coefficient (Wildman–Crippen LogP) is 5.16. The zero-order valence-electron chi connectivity index (χ0n) is 23.4. The number of carbonyl (C=O) groups excluding carboxylic acids is 1. The number of cyclic esters (lactones) is 1. The van der Waals surface area contributed by atoms with Crippen LogP contribution < -0.4 is 0 Å². The Balaban J connectivity index is 2.54. The van der Waals surface area contributed by atoms with Gasteiger partial charge < -0.3 is 28.6 Å². The zero-order valence-corrected chi connectivity index (χ0v) is 24.3. The molecule has 1 saturated heterocycles. The molecule has 0 N–H and O–H groups in total. The summed E-state index contributed by atoms with van der Waals surface area (Å²) in [7, 11) is 5.62. The minimum Gasteiger partial charge on any atom is -0.456 e. The molecule has 202 valence electrons. The van der Waals surface area contributed by atoms with Crippen molar-refractivity contribution in [3.05, 3.63) is 11.3 Å². The molecule has 2 rings (SSSR count). The molecule has 0 saturated carbocycles. The molecule has 2 heterocycles. The first-order chi connectivity index (χ1) is 16.2. The normalized spacial score (nSPS) is 31.5. The zero-order chi connectivity index (χ0) is 26.7. The van der Waals surface area contributed by atoms with Crippen LogP contribution in [0.15, 0.2) is 11.3 Å². The first-order valence-corrected chi connectivity index (χ1v) is 13.6. The Kier molecular flexibility index (Phi) is 10.3. The summed E-state index contributed by atoms with van der Waals surface area (Å²) in [6, 6.07) is 0.0306. The molecule has 0 aromatic rings. The Labute approximate surface area is 213 Å². The lowest BCUT2D eigenvalue weighted by molar-refractivity contribution is -0.266. The fraction of sp³-hybridized carbons (Fsp3) is 0.885. The lowest BCUT2D eigenvalue weighted by atomic mass is 9.80. The molecule has 1 unspecified atom stereocenters. The largest absolute Gasteiger partial charge is 0.456 e. The maximum atomic E-state index is 12.6. The van der Waals surface area contributed by atoms with E-state index in [4.69, 9.17) is 23.7 Å². The average Bonchev–Trinajstić information content (AvgIpc) is 2.78. The quantitative estimate of drug-likeness (QED) is 0.276. The Hall–Kier alpha value is -1.05. The number of rotatable bonds is 11. The molecule has 0 aliphatic carbocycles. The predicted molar refractivity (Wildman–Crippen MR) is 135 cm³/mol. The third kappa shape index (κ3) is 7.04. The Morgan fingerprint density at radius 2 is 1.89 bits per heavy atom. The van der Waals surface area contributed by atoms with Crippen LogP contribution in [-0.4, -0.2) is 73.7 Å². The topological polar surface area (TPSA) is 83.5 Å². The average molecular weight is 516 g/mol. The van der Waals surface area contributed by atoms with E-state index in [0.29, 0.717) is 17.3 Å². The highest BCUT2D eigenvalue weighted by atomic mass is 31.1. The monoisotopic (exact) mass is 515 g/mol. The molecule has 0 amide bonds. The van der Waals surface area contributed by atoms with Crippen LogP contribution in [0.25, 0.3) is 0 Å². The summed E-state index contributed by atoms with van der Waals surface area (Å²) in [5, 5.41) is 0. The Morgan fingerprint density at radius 3 is 2.40 bits per heavy atom. The van der Waals surface area contributed by atoms with Gasteiger partial charge >= 0.3 is 5.97 Å². The van der Waals surface area contributed by atoms with Crippen LogP contribution in [0, 0.1) is 11.8 Å². The maximum absolute atomic E-state index is 12.6. The van der Waals surface area contributed by atoms with Crippen LogP contribution in [0.3, 0.4) is 0 Å². The number of esters is 1. The van der Waals surface area contributed by atoms with Gasteiger partial charge in [0.25, 0.3) is 0 Å². The highest BCUT2D eigenvalue weighted by Gasteiger charge is 2.49. The van der Waals surface area contributed by atoms with E-state index >= 15 is 0 Å². The van der Waals surface area contributed by atoms with Crippen LogP contribution >= 0.6 is 8.46 Å². The minimum absolute atomic E-state index is 0.0306. The van der Waals surface area contributed by atoms with Gasteiger partial charge in [0.2, 0.25) is 5.79 Å². The van der Waals surface area contributed by atoms with Gasteiger partial charge in [-0.3, -0.25) is 4.57 Å². The molecule has 0 bridgehead atoms. The molecule has 9 heteroatoms. The van der Waals surface area contributed by atoms with E-state index in [0.717, 1.165) is 19.3 Å². The molecule has 2 aliphatic rings. The van der Waals surface area contributed by atoms with E-state index < -0.39 is 29.8 Å². The van der Waals surface area contributed by atoms with Gasteiger partial charge in [-0.2, -0.15) is 0 Å². The number of hydrogen-bond donors (Lipinski definition) is 0. The molecule has 35 heavy (non-hydrogen) atoms. The highest BCUT2D eigenvalue weighted by molar-refractivity contribution is 7.24. The van der Waals surface area contributed by atoms with Crippen molar-refractivity contribution in [1.29, 1.82) is 0 Å². The van der Waals surface area contributed by atoms with Crippen LogP contribution in [0.5, 0.6) is 0 Å². The highest BCUT2D eigenvalue weighted by Crippen LogP contribution is 2.42. The van der Waals surface area contributed by atoms with Crippen molar-refractivity contribution in [3.63, 3.8) is 0 Å². The van der Waals surface area contributed by atoms with E-state index in [2.05, 4.69) is 18.7 Å². The van der Waals surface area contributed by atoms with E-state index in [1.54, 1.807) is 27.9 Å². The second-order valence-corrected chi connectivity index (χ2v) is 11.9. The fourth-order valence-corrected chi connectivity index (χ4v) is 5.97. The SMILES string of the molecule is CC[C@H](C)C[C@@](C)(OC)[C@H](O[C@@H]1O[C@H](C)CC(N(C)C)[C@H]1P=O)[C@@H](C)C1=C(C)C(=O)OC(C)(C)O1. The Morgan fingerprint density at radius 1 is 1.26 bits per heavy atom. The molecule has 8 atom stereocenters. The lowest BCUT2D eigenvalue weighted by Crippen LogP contribution is -2.57. The van der Waals surface area contributed by atoms with Crippen LogP contribution in [0.4, 0.5) is 0 Å². The minimum atomic E-state index is -1.09. The molecule has 0 spiro atoms. The van der Waals surface area contributed by atoms with Gasteiger partial charge in [-0.25, -0.2) is 4.79 Å². The van der Waals surface area contributed by atoms with E-state index in [-0.39, 0.29) is 32.2 Å². The first-order valence-electron chi connectivity index (χ1n) is 12.7. The second-order valence-electron chi connectivity index (χ2n) is 11.1. The van der Waals surface area contributed by atoms with Gasteiger partial charge in [0, 0.05) is 32.9 Å². The van der Waals surface area contributed by atoms with Crippen LogP contribution in [0.1, 0.15) is 74.7 Å². The molecular weight excluding hydrogens is 469 g/mol. The molecule has 0 radical (unpaired) electrons. The summed E-state index contributed by atoms with van der Waals surface area (Å²) in [5.74, 6) is -0.968. The summed E-state index contributed by atoms with van der Waals surface area (Å²) < 4.78 is 43.1. The van der Waals surface area contributed by atoms with Crippen LogP contribution in [-0.2, 0) is 33.0 Å². The van der Waals surface area contributed by atoms with Crippen molar-refractivity contribution >= 4 is 14.4 Å². The van der Waals surface area contributed by atoms with Crippen molar-refractivity contribution < 1.29 is 33.0 Å². The van der Waals surface area contributed by atoms with Gasteiger partial charge in [-0.05, 0) is 53.6 Å².